The van der Waals surface area contributed by atoms with Gasteiger partial charge in [-0.1, -0.05) is 19.8 Å². The van der Waals surface area contributed by atoms with Crippen LogP contribution in [-0.2, 0) is 28.4 Å². The summed E-state index contributed by atoms with van der Waals surface area (Å²) in [5, 5.41) is 5.92. The number of carbonyl (C=O) groups is 1. The van der Waals surface area contributed by atoms with Gasteiger partial charge >= 0.3 is 12.4 Å². The summed E-state index contributed by atoms with van der Waals surface area (Å²) in [6.45, 7) is 3.84. The number of nitrogens with one attached hydrogen (secondary N) is 2. The van der Waals surface area contributed by atoms with Crippen LogP contribution in [0.15, 0.2) is 18.2 Å². The molecule has 1 amide bonds. The van der Waals surface area contributed by atoms with Crippen molar-refractivity contribution in [2.45, 2.75) is 51.5 Å². The number of amides is 1. The summed E-state index contributed by atoms with van der Waals surface area (Å²) in [7, 11) is 0. The molecule has 2 aliphatic heterocycles. The molecule has 2 atom stereocenters. The van der Waals surface area contributed by atoms with Gasteiger partial charge in [0.15, 0.2) is 0 Å². The highest BCUT2D eigenvalue weighted by atomic mass is 19.4. The molecule has 184 valence electrons. The van der Waals surface area contributed by atoms with Crippen molar-refractivity contribution in [2.24, 2.45) is 22.7 Å². The molecule has 4 rings (SSSR count). The molecule has 4 nitrogen and oxygen atoms in total. The first kappa shape index (κ1) is 24.3. The number of hydrogen-bond acceptors (Lipinski definition) is 3. The zero-order valence-electron chi connectivity index (χ0n) is 18.3. The van der Waals surface area contributed by atoms with E-state index in [-0.39, 0.29) is 28.9 Å². The lowest BCUT2D eigenvalue weighted by Gasteiger charge is -2.51. The van der Waals surface area contributed by atoms with Crippen molar-refractivity contribution in [3.63, 3.8) is 0 Å². The average molecular weight is 478 g/mol. The summed E-state index contributed by atoms with van der Waals surface area (Å²) < 4.78 is 84.5. The average Bonchev–Trinajstić information content (AvgIpc) is 3.40. The molecule has 2 unspecified atom stereocenters. The van der Waals surface area contributed by atoms with Crippen molar-refractivity contribution in [2.75, 3.05) is 26.3 Å². The van der Waals surface area contributed by atoms with E-state index in [2.05, 4.69) is 17.6 Å². The number of ether oxygens (including phenoxy) is 1. The van der Waals surface area contributed by atoms with Crippen LogP contribution in [0.25, 0.3) is 0 Å². The second kappa shape index (κ2) is 8.45. The number of halogens is 6. The van der Waals surface area contributed by atoms with E-state index < -0.39 is 35.4 Å². The van der Waals surface area contributed by atoms with E-state index in [1.54, 1.807) is 0 Å². The highest BCUT2D eigenvalue weighted by molar-refractivity contribution is 5.84. The monoisotopic (exact) mass is 478 g/mol. The van der Waals surface area contributed by atoms with Gasteiger partial charge in [-0.2, -0.15) is 26.3 Å². The number of hydrogen-bond donors (Lipinski definition) is 2. The predicted molar refractivity (Wildman–Crippen MR) is 108 cm³/mol. The third-order valence-electron chi connectivity index (χ3n) is 7.38. The fourth-order valence-corrected chi connectivity index (χ4v) is 5.33. The van der Waals surface area contributed by atoms with E-state index in [0.717, 1.165) is 19.3 Å². The Bertz CT molecular complexity index is 852. The van der Waals surface area contributed by atoms with Crippen molar-refractivity contribution in [3.8, 4) is 0 Å². The van der Waals surface area contributed by atoms with Crippen LogP contribution in [0.3, 0.4) is 0 Å². The van der Waals surface area contributed by atoms with Crippen LogP contribution in [0, 0.1) is 22.7 Å². The number of carbonyl (C=O) groups excluding carboxylic acids is 1. The molecule has 33 heavy (non-hydrogen) atoms. The zero-order valence-corrected chi connectivity index (χ0v) is 18.3. The SMILES string of the molecule is CC1(C(CC2CC2)C2(C(=O)NCc3cc(C(F)(F)F)cc(C(F)(F)F)c3)CCNC2)COC1. The molecule has 1 aromatic rings. The Morgan fingerprint density at radius 2 is 1.73 bits per heavy atom. The molecule has 2 heterocycles. The molecule has 0 bridgehead atoms. The minimum absolute atomic E-state index is 0.0218. The molecule has 1 aliphatic carbocycles. The van der Waals surface area contributed by atoms with Gasteiger partial charge in [-0.3, -0.25) is 4.79 Å². The van der Waals surface area contributed by atoms with Crippen LogP contribution in [0.2, 0.25) is 0 Å². The summed E-state index contributed by atoms with van der Waals surface area (Å²) in [4.78, 5) is 13.5. The molecule has 2 N–H and O–H groups in total. The molecule has 2 saturated heterocycles. The largest absolute Gasteiger partial charge is 0.416 e. The van der Waals surface area contributed by atoms with Crippen LogP contribution >= 0.6 is 0 Å². The van der Waals surface area contributed by atoms with Gasteiger partial charge in [-0.05, 0) is 55.0 Å². The van der Waals surface area contributed by atoms with Crippen molar-refractivity contribution < 1.29 is 35.9 Å². The van der Waals surface area contributed by atoms with Crippen molar-refractivity contribution >= 4 is 5.91 Å². The van der Waals surface area contributed by atoms with Gasteiger partial charge in [0.25, 0.3) is 0 Å². The van der Waals surface area contributed by atoms with Gasteiger partial charge in [0.1, 0.15) is 0 Å². The lowest BCUT2D eigenvalue weighted by Crippen LogP contribution is -2.58. The lowest BCUT2D eigenvalue weighted by molar-refractivity contribution is -0.173. The topological polar surface area (TPSA) is 50.4 Å². The van der Waals surface area contributed by atoms with E-state index >= 15 is 0 Å². The Balaban J connectivity index is 1.57. The Hall–Kier alpha value is -1.81. The van der Waals surface area contributed by atoms with E-state index in [4.69, 9.17) is 4.74 Å². The predicted octanol–water partition coefficient (Wildman–Crippen LogP) is 4.77. The summed E-state index contributed by atoms with van der Waals surface area (Å²) in [5.74, 6) is 0.251. The molecule has 3 fully saturated rings. The molecule has 1 saturated carbocycles. The Morgan fingerprint density at radius 3 is 2.15 bits per heavy atom. The fraction of sp³-hybridized carbons (Fsp3) is 0.696. The Labute approximate surface area is 188 Å². The van der Waals surface area contributed by atoms with Crippen molar-refractivity contribution in [1.82, 2.24) is 10.6 Å². The highest BCUT2D eigenvalue weighted by Crippen LogP contribution is 2.54. The number of benzene rings is 1. The summed E-state index contributed by atoms with van der Waals surface area (Å²) in [5.41, 5.74) is -3.95. The summed E-state index contributed by atoms with van der Waals surface area (Å²) in [6.07, 6.45) is -6.18. The Morgan fingerprint density at radius 1 is 1.12 bits per heavy atom. The molecule has 10 heteroatoms. The second-order valence-electron chi connectivity index (χ2n) is 10.1. The van der Waals surface area contributed by atoms with Gasteiger partial charge < -0.3 is 15.4 Å². The minimum atomic E-state index is -4.93. The first-order valence-electron chi connectivity index (χ1n) is 11.2. The van der Waals surface area contributed by atoms with Crippen LogP contribution in [-0.4, -0.2) is 32.2 Å². The smallest absolute Gasteiger partial charge is 0.380 e. The molecule has 0 spiro atoms. The van der Waals surface area contributed by atoms with Crippen molar-refractivity contribution in [1.29, 1.82) is 0 Å². The molecule has 3 aliphatic rings. The first-order chi connectivity index (χ1) is 15.3. The van der Waals surface area contributed by atoms with E-state index in [1.807, 2.05) is 0 Å². The number of alkyl halides is 6. The van der Waals surface area contributed by atoms with Gasteiger partial charge in [-0.25, -0.2) is 0 Å². The number of rotatable bonds is 7. The molecule has 0 aromatic heterocycles. The maximum atomic E-state index is 13.5. The van der Waals surface area contributed by atoms with Crippen LogP contribution in [0.1, 0.15) is 49.3 Å². The van der Waals surface area contributed by atoms with Crippen LogP contribution in [0.5, 0.6) is 0 Å². The third kappa shape index (κ3) is 5.01. The zero-order chi connectivity index (χ0) is 24.1. The van der Waals surface area contributed by atoms with Gasteiger partial charge in [0.05, 0.1) is 29.8 Å². The van der Waals surface area contributed by atoms with Gasteiger partial charge in [0.2, 0.25) is 5.91 Å². The minimum Gasteiger partial charge on any atom is -0.380 e. The third-order valence-corrected chi connectivity index (χ3v) is 7.38. The van der Waals surface area contributed by atoms with Crippen molar-refractivity contribution in [3.05, 3.63) is 34.9 Å². The summed E-state index contributed by atoms with van der Waals surface area (Å²) in [6, 6.07) is 1.42. The van der Waals surface area contributed by atoms with Gasteiger partial charge in [-0.15, -0.1) is 0 Å². The highest BCUT2D eigenvalue weighted by Gasteiger charge is 2.57. The summed E-state index contributed by atoms with van der Waals surface area (Å²) >= 11 is 0. The fourth-order valence-electron chi connectivity index (χ4n) is 5.33. The molecule has 1 aromatic carbocycles. The van der Waals surface area contributed by atoms with Crippen LogP contribution < -0.4 is 10.6 Å². The van der Waals surface area contributed by atoms with E-state index in [0.29, 0.717) is 50.8 Å². The van der Waals surface area contributed by atoms with Gasteiger partial charge in [0, 0.05) is 18.5 Å². The quantitative estimate of drug-likeness (QED) is 0.555. The first-order valence-corrected chi connectivity index (χ1v) is 11.2. The normalized spacial score (nSPS) is 26.0. The maximum absolute atomic E-state index is 13.5. The lowest BCUT2D eigenvalue weighted by atomic mass is 9.58. The molecular weight excluding hydrogens is 450 g/mol. The van der Waals surface area contributed by atoms with E-state index in [9.17, 15) is 31.1 Å². The van der Waals surface area contributed by atoms with E-state index in [1.165, 1.54) is 0 Å². The second-order valence-corrected chi connectivity index (χ2v) is 10.1. The van der Waals surface area contributed by atoms with Crippen LogP contribution in [0.4, 0.5) is 26.3 Å². The molecular formula is C23H28F6N2O2. The Kier molecular flexibility index (Phi) is 6.22. The maximum Gasteiger partial charge on any atom is 0.416 e. The standard InChI is InChI=1S/C23H28F6N2O2/c1-20(12-33-13-20)18(8-14-2-3-14)21(4-5-30-11-21)19(32)31-10-15-6-16(22(24,25)26)9-17(7-15)23(27,28)29/h6-7,9,14,18,30H,2-5,8,10-13H2,1H3,(H,31,32). The molecule has 0 radical (unpaired) electrons.